The Morgan fingerprint density at radius 1 is 1.13 bits per heavy atom. The second kappa shape index (κ2) is 7.20. The maximum Gasteiger partial charge on any atom is 0.334 e. The molecule has 1 saturated carbocycles. The number of amides is 1. The Kier molecular flexibility index (Phi) is 5.71. The zero-order valence-electron chi connectivity index (χ0n) is 14.9. The first kappa shape index (κ1) is 18.2. The third-order valence-corrected chi connectivity index (χ3v) is 5.42. The molecule has 2 aliphatic rings. The summed E-state index contributed by atoms with van der Waals surface area (Å²) in [4.78, 5) is 25.3. The number of hydrogen-bond acceptors (Lipinski definition) is 3. The van der Waals surface area contributed by atoms with E-state index in [2.05, 4.69) is 20.8 Å². The van der Waals surface area contributed by atoms with Crippen molar-refractivity contribution in [2.45, 2.75) is 72.0 Å². The monoisotopic (exact) mass is 325 g/mol. The number of rotatable bonds is 3. The molecule has 1 saturated heterocycles. The highest BCUT2D eigenvalue weighted by Crippen LogP contribution is 2.40. The van der Waals surface area contributed by atoms with Crippen LogP contribution in [0.5, 0.6) is 0 Å². The summed E-state index contributed by atoms with van der Waals surface area (Å²) in [6, 6.07) is 0. The van der Waals surface area contributed by atoms with Crippen molar-refractivity contribution in [3.63, 3.8) is 0 Å². The van der Waals surface area contributed by atoms with Crippen LogP contribution in [0.1, 0.15) is 59.8 Å². The van der Waals surface area contributed by atoms with Gasteiger partial charge in [0.15, 0.2) is 6.10 Å². The number of hydrogen-bond donors (Lipinski definition) is 1. The van der Waals surface area contributed by atoms with Crippen LogP contribution in [-0.4, -0.2) is 47.2 Å². The summed E-state index contributed by atoms with van der Waals surface area (Å²) in [5.41, 5.74) is 0.351. The van der Waals surface area contributed by atoms with E-state index in [0.29, 0.717) is 24.3 Å². The predicted molar refractivity (Wildman–Crippen MR) is 88.1 cm³/mol. The summed E-state index contributed by atoms with van der Waals surface area (Å²) in [5.74, 6) is 0.293. The minimum atomic E-state index is -0.986. The van der Waals surface area contributed by atoms with Gasteiger partial charge in [0.25, 0.3) is 0 Å². The highest BCUT2D eigenvalue weighted by molar-refractivity contribution is 5.79. The van der Waals surface area contributed by atoms with Crippen LogP contribution in [0.25, 0.3) is 0 Å². The summed E-state index contributed by atoms with van der Waals surface area (Å²) in [7, 11) is 0. The lowest BCUT2D eigenvalue weighted by Gasteiger charge is -2.38. The first-order valence-corrected chi connectivity index (χ1v) is 8.83. The van der Waals surface area contributed by atoms with E-state index in [9.17, 15) is 9.59 Å². The van der Waals surface area contributed by atoms with Crippen LogP contribution in [-0.2, 0) is 14.3 Å². The molecule has 1 N–H and O–H groups in total. The van der Waals surface area contributed by atoms with Crippen molar-refractivity contribution in [2.75, 3.05) is 13.1 Å². The maximum absolute atomic E-state index is 12.5. The molecule has 132 valence electrons. The van der Waals surface area contributed by atoms with Crippen molar-refractivity contribution in [3.8, 4) is 0 Å². The van der Waals surface area contributed by atoms with Crippen LogP contribution in [0.3, 0.4) is 0 Å². The Hall–Kier alpha value is -1.10. The Labute approximate surface area is 139 Å². The minimum absolute atomic E-state index is 0.0885. The number of carbonyl (C=O) groups is 2. The second-order valence-electron chi connectivity index (χ2n) is 8.36. The first-order chi connectivity index (χ1) is 10.7. The molecule has 1 aliphatic carbocycles. The molecule has 23 heavy (non-hydrogen) atoms. The van der Waals surface area contributed by atoms with E-state index in [4.69, 9.17) is 9.84 Å². The minimum Gasteiger partial charge on any atom is -0.479 e. The normalized spacial score (nSPS) is 32.6. The van der Waals surface area contributed by atoms with Gasteiger partial charge < -0.3 is 14.7 Å². The number of aliphatic carboxylic acids is 1. The summed E-state index contributed by atoms with van der Waals surface area (Å²) in [6.45, 7) is 9.39. The molecule has 0 aromatic rings. The molecule has 0 radical (unpaired) electrons. The van der Waals surface area contributed by atoms with Gasteiger partial charge in [0.2, 0.25) is 5.91 Å². The van der Waals surface area contributed by atoms with E-state index in [1.54, 1.807) is 4.90 Å². The summed E-state index contributed by atoms with van der Waals surface area (Å²) < 4.78 is 5.38. The lowest BCUT2D eigenvalue weighted by atomic mass is 9.69. The van der Waals surface area contributed by atoms with E-state index in [1.807, 2.05) is 6.92 Å². The Morgan fingerprint density at radius 3 is 2.26 bits per heavy atom. The fourth-order valence-electron chi connectivity index (χ4n) is 3.90. The molecule has 0 spiro atoms. The number of carbonyl (C=O) groups excluding carboxylic acids is 1. The van der Waals surface area contributed by atoms with Gasteiger partial charge in [-0.3, -0.25) is 4.79 Å². The van der Waals surface area contributed by atoms with Crippen LogP contribution in [0.15, 0.2) is 0 Å². The molecular formula is C18H31NO4. The fourth-order valence-corrected chi connectivity index (χ4v) is 3.90. The van der Waals surface area contributed by atoms with Gasteiger partial charge in [0.05, 0.1) is 12.6 Å². The molecule has 1 unspecified atom stereocenters. The number of nitrogens with zero attached hydrogens (tertiary/aromatic N) is 1. The zero-order valence-corrected chi connectivity index (χ0v) is 14.9. The number of carboxylic acids is 1. The third-order valence-electron chi connectivity index (χ3n) is 5.42. The van der Waals surface area contributed by atoms with Crippen LogP contribution < -0.4 is 0 Å². The lowest BCUT2D eigenvalue weighted by Crippen LogP contribution is -2.52. The third kappa shape index (κ3) is 4.93. The van der Waals surface area contributed by atoms with Gasteiger partial charge in [0, 0.05) is 13.0 Å². The van der Waals surface area contributed by atoms with Crippen LogP contribution in [0.4, 0.5) is 0 Å². The molecule has 2 rings (SSSR count). The largest absolute Gasteiger partial charge is 0.479 e. The topological polar surface area (TPSA) is 66.8 Å². The summed E-state index contributed by atoms with van der Waals surface area (Å²) in [6.07, 6.45) is 4.05. The van der Waals surface area contributed by atoms with E-state index in [0.717, 1.165) is 18.8 Å². The molecule has 2 fully saturated rings. The zero-order chi connectivity index (χ0) is 17.2. The van der Waals surface area contributed by atoms with Crippen LogP contribution >= 0.6 is 0 Å². The molecule has 0 bridgehead atoms. The summed E-state index contributed by atoms with van der Waals surface area (Å²) >= 11 is 0. The van der Waals surface area contributed by atoms with Gasteiger partial charge >= 0.3 is 5.97 Å². The average Bonchev–Trinajstić information content (AvgIpc) is 2.46. The van der Waals surface area contributed by atoms with Crippen molar-refractivity contribution < 1.29 is 19.4 Å². The van der Waals surface area contributed by atoms with Gasteiger partial charge in [-0.15, -0.1) is 0 Å². The Morgan fingerprint density at radius 2 is 1.74 bits per heavy atom. The SMILES string of the molecule is C[C@@H]1CN(C(=O)CC2CCC(C(C)(C)C)CC2)CC(C(=O)O)O1. The highest BCUT2D eigenvalue weighted by atomic mass is 16.5. The fraction of sp³-hybridized carbons (Fsp3) is 0.889. The molecule has 1 amide bonds. The molecule has 5 heteroatoms. The second-order valence-corrected chi connectivity index (χ2v) is 8.36. The van der Waals surface area contributed by atoms with E-state index >= 15 is 0 Å². The Balaban J connectivity index is 1.84. The standard InChI is InChI=1S/C18H31NO4/c1-12-10-19(11-15(23-12)17(21)22)16(20)9-13-5-7-14(8-6-13)18(2,3)4/h12-15H,5-11H2,1-4H3,(H,21,22)/t12-,13?,14?,15?/m1/s1. The molecule has 5 nitrogen and oxygen atoms in total. The number of morpholine rings is 1. The van der Waals surface area contributed by atoms with E-state index in [1.165, 1.54) is 12.8 Å². The van der Waals surface area contributed by atoms with Crippen LogP contribution in [0.2, 0.25) is 0 Å². The predicted octanol–water partition coefficient (Wildman–Crippen LogP) is 2.93. The number of ether oxygens (including phenoxy) is 1. The van der Waals surface area contributed by atoms with Crippen molar-refractivity contribution in [1.82, 2.24) is 4.90 Å². The average molecular weight is 325 g/mol. The smallest absolute Gasteiger partial charge is 0.334 e. The van der Waals surface area contributed by atoms with Gasteiger partial charge in [0.1, 0.15) is 0 Å². The lowest BCUT2D eigenvalue weighted by molar-refractivity contribution is -0.166. The van der Waals surface area contributed by atoms with Gasteiger partial charge in [-0.1, -0.05) is 20.8 Å². The molecular weight excluding hydrogens is 294 g/mol. The molecule has 1 heterocycles. The van der Waals surface area contributed by atoms with Crippen molar-refractivity contribution in [3.05, 3.63) is 0 Å². The van der Waals surface area contributed by atoms with E-state index in [-0.39, 0.29) is 18.6 Å². The van der Waals surface area contributed by atoms with Gasteiger partial charge in [-0.05, 0) is 49.9 Å². The van der Waals surface area contributed by atoms with Crippen molar-refractivity contribution >= 4 is 11.9 Å². The Bertz CT molecular complexity index is 435. The quantitative estimate of drug-likeness (QED) is 0.866. The van der Waals surface area contributed by atoms with Crippen LogP contribution in [0, 0.1) is 17.3 Å². The number of carboxylic acid groups (broad SMARTS) is 1. The maximum atomic E-state index is 12.5. The molecule has 0 aromatic carbocycles. The molecule has 0 aromatic heterocycles. The van der Waals surface area contributed by atoms with Crippen molar-refractivity contribution in [1.29, 1.82) is 0 Å². The molecule has 2 atom stereocenters. The highest BCUT2D eigenvalue weighted by Gasteiger charge is 2.35. The summed E-state index contributed by atoms with van der Waals surface area (Å²) in [5, 5.41) is 9.12. The molecule has 1 aliphatic heterocycles. The van der Waals surface area contributed by atoms with Gasteiger partial charge in [-0.25, -0.2) is 4.79 Å². The van der Waals surface area contributed by atoms with Crippen molar-refractivity contribution in [2.24, 2.45) is 17.3 Å². The van der Waals surface area contributed by atoms with Gasteiger partial charge in [-0.2, -0.15) is 0 Å². The first-order valence-electron chi connectivity index (χ1n) is 8.83. The van der Waals surface area contributed by atoms with E-state index < -0.39 is 12.1 Å².